The van der Waals surface area contributed by atoms with Gasteiger partial charge in [0.2, 0.25) is 0 Å². The van der Waals surface area contributed by atoms with E-state index in [-0.39, 0.29) is 5.91 Å². The van der Waals surface area contributed by atoms with Gasteiger partial charge < -0.3 is 9.80 Å². The fraction of sp³-hybridized carbons (Fsp3) is 0.375. The normalized spacial score (nSPS) is 15.2. The first-order valence-corrected chi connectivity index (χ1v) is 7.97. The first-order chi connectivity index (χ1) is 11.6. The summed E-state index contributed by atoms with van der Waals surface area (Å²) in [5, 5.41) is 8.43. The van der Waals surface area contributed by atoms with E-state index in [1.165, 1.54) is 0 Å². The lowest BCUT2D eigenvalue weighted by Gasteiger charge is -2.36. The summed E-state index contributed by atoms with van der Waals surface area (Å²) in [6.07, 6.45) is 3.41. The number of hydrogen-bond acceptors (Lipinski definition) is 5. The van der Waals surface area contributed by atoms with Gasteiger partial charge in [-0.2, -0.15) is 14.7 Å². The molecule has 24 heavy (non-hydrogen) atoms. The number of hydrogen-bond donors (Lipinski definition) is 0. The number of rotatable bonds is 2. The van der Waals surface area contributed by atoms with Gasteiger partial charge in [0.05, 0.1) is 6.20 Å². The average Bonchev–Trinajstić information content (AvgIpc) is 3.22. The van der Waals surface area contributed by atoms with Crippen LogP contribution in [0.1, 0.15) is 16.2 Å². The van der Waals surface area contributed by atoms with Crippen LogP contribution < -0.4 is 4.90 Å². The average molecular weight is 325 g/mol. The number of nitrogens with zero attached hydrogens (tertiary/aromatic N) is 7. The van der Waals surface area contributed by atoms with Crippen LogP contribution in [0.15, 0.2) is 30.6 Å². The molecule has 1 aliphatic rings. The Bertz CT molecular complexity index is 889. The quantitative estimate of drug-likeness (QED) is 0.695. The van der Waals surface area contributed by atoms with E-state index in [9.17, 15) is 4.79 Å². The zero-order valence-electron chi connectivity index (χ0n) is 13.8. The molecule has 0 N–H and O–H groups in total. The van der Waals surface area contributed by atoms with Crippen molar-refractivity contribution in [3.63, 3.8) is 0 Å². The first kappa shape index (κ1) is 14.7. The third-order valence-electron chi connectivity index (χ3n) is 4.40. The lowest BCUT2D eigenvalue weighted by molar-refractivity contribution is 0.0735. The van der Waals surface area contributed by atoms with Crippen molar-refractivity contribution in [1.29, 1.82) is 0 Å². The molecule has 1 saturated heterocycles. The van der Waals surface area contributed by atoms with Gasteiger partial charge in [-0.1, -0.05) is 0 Å². The predicted molar refractivity (Wildman–Crippen MR) is 89.0 cm³/mol. The molecule has 8 nitrogen and oxygen atoms in total. The molecule has 0 aromatic carbocycles. The van der Waals surface area contributed by atoms with Gasteiger partial charge >= 0.3 is 0 Å². The lowest BCUT2D eigenvalue weighted by Crippen LogP contribution is -2.49. The van der Waals surface area contributed by atoms with E-state index in [1.807, 2.05) is 28.5 Å². The Kier molecular flexibility index (Phi) is 3.44. The molecule has 0 radical (unpaired) electrons. The summed E-state index contributed by atoms with van der Waals surface area (Å²) in [6.45, 7) is 4.87. The summed E-state index contributed by atoms with van der Waals surface area (Å²) in [4.78, 5) is 21.2. The minimum Gasteiger partial charge on any atom is -0.353 e. The molecule has 1 aliphatic heterocycles. The van der Waals surface area contributed by atoms with Crippen molar-refractivity contribution in [3.8, 4) is 0 Å². The van der Waals surface area contributed by atoms with Gasteiger partial charge in [0.15, 0.2) is 5.65 Å². The molecule has 124 valence electrons. The maximum Gasteiger partial charge on any atom is 0.272 e. The molecule has 0 aliphatic carbocycles. The fourth-order valence-corrected chi connectivity index (χ4v) is 3.13. The highest BCUT2D eigenvalue weighted by Crippen LogP contribution is 2.19. The van der Waals surface area contributed by atoms with E-state index >= 15 is 0 Å². The van der Waals surface area contributed by atoms with E-state index in [1.54, 1.807) is 30.2 Å². The van der Waals surface area contributed by atoms with Gasteiger partial charge in [0.25, 0.3) is 5.91 Å². The summed E-state index contributed by atoms with van der Waals surface area (Å²) in [7, 11) is 1.79. The number of carbonyl (C=O) groups is 1. The Labute approximate surface area is 139 Å². The van der Waals surface area contributed by atoms with Crippen LogP contribution in [0.3, 0.4) is 0 Å². The fourth-order valence-electron chi connectivity index (χ4n) is 3.13. The molecule has 0 spiro atoms. The summed E-state index contributed by atoms with van der Waals surface area (Å²) >= 11 is 0. The van der Waals surface area contributed by atoms with Crippen LogP contribution in [-0.4, -0.2) is 61.4 Å². The van der Waals surface area contributed by atoms with Crippen LogP contribution in [0.25, 0.3) is 5.65 Å². The predicted octanol–water partition coefficient (Wildman–Crippen LogP) is 0.734. The number of fused-ring (bicyclic) bond motifs is 1. The molecule has 0 saturated carbocycles. The molecular formula is C16H19N7O. The Morgan fingerprint density at radius 2 is 1.83 bits per heavy atom. The maximum atomic E-state index is 12.6. The Morgan fingerprint density at radius 3 is 2.54 bits per heavy atom. The minimum atomic E-state index is 0.0322. The molecule has 4 rings (SSSR count). The lowest BCUT2D eigenvalue weighted by atomic mass is 10.2. The Hall–Kier alpha value is -2.90. The monoisotopic (exact) mass is 325 g/mol. The molecule has 8 heteroatoms. The van der Waals surface area contributed by atoms with Crippen molar-refractivity contribution < 1.29 is 4.79 Å². The highest BCUT2D eigenvalue weighted by Gasteiger charge is 2.25. The van der Waals surface area contributed by atoms with E-state index in [2.05, 4.69) is 20.1 Å². The van der Waals surface area contributed by atoms with Crippen molar-refractivity contribution in [2.24, 2.45) is 7.05 Å². The van der Waals surface area contributed by atoms with Crippen molar-refractivity contribution in [2.45, 2.75) is 6.92 Å². The molecule has 1 fully saturated rings. The second-order valence-corrected chi connectivity index (χ2v) is 5.98. The van der Waals surface area contributed by atoms with E-state index in [4.69, 9.17) is 0 Å². The molecule has 3 aromatic heterocycles. The van der Waals surface area contributed by atoms with Gasteiger partial charge in [-0.15, -0.1) is 0 Å². The third kappa shape index (κ3) is 2.40. The largest absolute Gasteiger partial charge is 0.353 e. The van der Waals surface area contributed by atoms with E-state index in [0.717, 1.165) is 30.2 Å². The van der Waals surface area contributed by atoms with Crippen LogP contribution in [0.4, 0.5) is 5.82 Å². The minimum absolute atomic E-state index is 0.0322. The number of amides is 1. The van der Waals surface area contributed by atoms with Gasteiger partial charge in [-0.3, -0.25) is 9.48 Å². The summed E-state index contributed by atoms with van der Waals surface area (Å²) in [6, 6.07) is 5.70. The van der Waals surface area contributed by atoms with Crippen LogP contribution in [-0.2, 0) is 7.05 Å². The van der Waals surface area contributed by atoms with Gasteiger partial charge in [-0.25, -0.2) is 4.98 Å². The van der Waals surface area contributed by atoms with Crippen LogP contribution in [0.5, 0.6) is 0 Å². The molecule has 0 unspecified atom stereocenters. The highest BCUT2D eigenvalue weighted by atomic mass is 16.2. The van der Waals surface area contributed by atoms with Crippen LogP contribution in [0.2, 0.25) is 0 Å². The second-order valence-electron chi connectivity index (χ2n) is 5.98. The summed E-state index contributed by atoms with van der Waals surface area (Å²) in [5.41, 5.74) is 2.43. The van der Waals surface area contributed by atoms with E-state index in [0.29, 0.717) is 18.8 Å². The molecule has 1 amide bonds. The maximum absolute atomic E-state index is 12.6. The Balaban J connectivity index is 1.53. The van der Waals surface area contributed by atoms with Crippen molar-refractivity contribution >= 4 is 17.4 Å². The van der Waals surface area contributed by atoms with Crippen molar-refractivity contribution in [2.75, 3.05) is 31.1 Å². The molecule has 0 atom stereocenters. The molecule has 4 heterocycles. The molecular weight excluding hydrogens is 306 g/mol. The topological polar surface area (TPSA) is 71.6 Å². The van der Waals surface area contributed by atoms with E-state index < -0.39 is 0 Å². The first-order valence-electron chi connectivity index (χ1n) is 7.97. The van der Waals surface area contributed by atoms with Gasteiger partial charge in [-0.05, 0) is 13.0 Å². The Morgan fingerprint density at radius 1 is 1.08 bits per heavy atom. The SMILES string of the molecule is Cc1cc(N2CCN(C(=O)c3ccnn3C)CC2)n2nccc2n1. The number of aromatic nitrogens is 5. The van der Waals surface area contributed by atoms with Crippen molar-refractivity contribution in [3.05, 3.63) is 42.0 Å². The van der Waals surface area contributed by atoms with Crippen LogP contribution in [0, 0.1) is 6.92 Å². The second kappa shape index (κ2) is 5.63. The number of piperazine rings is 1. The summed E-state index contributed by atoms with van der Waals surface area (Å²) in [5.74, 6) is 1.06. The van der Waals surface area contributed by atoms with Gasteiger partial charge in [0.1, 0.15) is 11.5 Å². The standard InChI is InChI=1S/C16H19N7O/c1-12-11-15(23-14(19-12)4-6-18-23)21-7-9-22(10-8-21)16(24)13-3-5-17-20(13)2/h3-6,11H,7-10H2,1-2H3. The number of carbonyl (C=O) groups excluding carboxylic acids is 1. The molecule has 0 bridgehead atoms. The van der Waals surface area contributed by atoms with Gasteiger partial charge in [0, 0.05) is 57.3 Å². The zero-order valence-corrected chi connectivity index (χ0v) is 13.8. The van der Waals surface area contributed by atoms with Crippen molar-refractivity contribution in [1.82, 2.24) is 29.3 Å². The zero-order chi connectivity index (χ0) is 16.7. The highest BCUT2D eigenvalue weighted by molar-refractivity contribution is 5.92. The molecule has 3 aromatic rings. The smallest absolute Gasteiger partial charge is 0.272 e. The number of anilines is 1. The van der Waals surface area contributed by atoms with Crippen LogP contribution >= 0.6 is 0 Å². The third-order valence-corrected chi connectivity index (χ3v) is 4.40. The number of aryl methyl sites for hydroxylation is 2. The summed E-state index contributed by atoms with van der Waals surface area (Å²) < 4.78 is 3.47.